The van der Waals surface area contributed by atoms with Gasteiger partial charge in [0, 0.05) is 19.2 Å². The van der Waals surface area contributed by atoms with Crippen molar-refractivity contribution in [1.29, 1.82) is 0 Å². The lowest BCUT2D eigenvalue weighted by molar-refractivity contribution is -0.143. The second-order valence-electron chi connectivity index (χ2n) is 4.41. The molecule has 0 atom stereocenters. The van der Waals surface area contributed by atoms with Crippen molar-refractivity contribution in [1.82, 2.24) is 10.2 Å². The molecule has 1 aromatic heterocycles. The minimum absolute atomic E-state index is 0.0999. The zero-order valence-electron chi connectivity index (χ0n) is 12.0. The predicted molar refractivity (Wildman–Crippen MR) is 81.3 cm³/mol. The second-order valence-corrected chi connectivity index (χ2v) is 5.33. The third-order valence-electron chi connectivity index (χ3n) is 2.77. The highest BCUT2D eigenvalue weighted by atomic mass is 32.2. The molecule has 1 N–H and O–H groups in total. The van der Waals surface area contributed by atoms with Crippen molar-refractivity contribution in [3.63, 3.8) is 0 Å². The minimum atomic E-state index is -0.683. The number of carbonyl (C=O) groups excluding carboxylic acids is 4. The maximum absolute atomic E-state index is 11.5. The number of rotatable bonds is 7. The van der Waals surface area contributed by atoms with Gasteiger partial charge < -0.3 is 14.5 Å². The molecule has 1 aliphatic heterocycles. The summed E-state index contributed by atoms with van der Waals surface area (Å²) < 4.78 is 9.73. The molecule has 0 aliphatic carbocycles. The number of esters is 1. The Kier molecular flexibility index (Phi) is 5.98. The Morgan fingerprint density at radius 3 is 2.91 bits per heavy atom. The maximum Gasteiger partial charge on any atom is 0.331 e. The number of nitrogens with one attached hydrogen (secondary N) is 1. The number of thioether (sulfide) groups is 1. The number of imide groups is 1. The van der Waals surface area contributed by atoms with Gasteiger partial charge in [0.2, 0.25) is 5.91 Å². The molecule has 0 spiro atoms. The molecule has 1 aliphatic rings. The van der Waals surface area contributed by atoms with Crippen LogP contribution in [0.2, 0.25) is 0 Å². The summed E-state index contributed by atoms with van der Waals surface area (Å²) in [6.45, 7) is -0.239. The van der Waals surface area contributed by atoms with Crippen LogP contribution in [0.5, 0.6) is 0 Å². The lowest BCUT2D eigenvalue weighted by Gasteiger charge is -2.12. The summed E-state index contributed by atoms with van der Waals surface area (Å²) in [5.41, 5.74) is 0. The van der Waals surface area contributed by atoms with Crippen LogP contribution >= 0.6 is 11.8 Å². The average Bonchev–Trinajstić information content (AvgIpc) is 3.15. The van der Waals surface area contributed by atoms with Crippen molar-refractivity contribution in [3.8, 4) is 0 Å². The van der Waals surface area contributed by atoms with E-state index in [2.05, 4.69) is 5.32 Å². The first-order valence-corrected chi connectivity index (χ1v) is 7.67. The van der Waals surface area contributed by atoms with Gasteiger partial charge in [-0.1, -0.05) is 11.8 Å². The highest BCUT2D eigenvalue weighted by Crippen LogP contribution is 2.17. The van der Waals surface area contributed by atoms with Crippen molar-refractivity contribution >= 4 is 40.9 Å². The van der Waals surface area contributed by atoms with Crippen molar-refractivity contribution in [2.45, 2.75) is 0 Å². The Labute approximate surface area is 135 Å². The second kappa shape index (κ2) is 8.18. The molecule has 0 bridgehead atoms. The van der Waals surface area contributed by atoms with E-state index in [9.17, 15) is 19.2 Å². The monoisotopic (exact) mass is 338 g/mol. The summed E-state index contributed by atoms with van der Waals surface area (Å²) in [5.74, 6) is -0.853. The van der Waals surface area contributed by atoms with Crippen molar-refractivity contribution in [2.75, 3.05) is 25.4 Å². The molecule has 122 valence electrons. The number of carbonyl (C=O) groups is 4. The maximum atomic E-state index is 11.5. The van der Waals surface area contributed by atoms with E-state index in [0.717, 1.165) is 22.7 Å². The zero-order chi connectivity index (χ0) is 16.7. The zero-order valence-corrected chi connectivity index (χ0v) is 12.8. The van der Waals surface area contributed by atoms with Crippen LogP contribution in [-0.4, -0.2) is 53.4 Å². The first kappa shape index (κ1) is 16.8. The Hall–Kier alpha value is -2.55. The van der Waals surface area contributed by atoms with Gasteiger partial charge in [-0.3, -0.25) is 19.3 Å². The molecular formula is C14H14N2O6S. The molecule has 3 amide bonds. The van der Waals surface area contributed by atoms with Crippen molar-refractivity contribution in [2.24, 2.45) is 0 Å². The Morgan fingerprint density at radius 2 is 2.26 bits per heavy atom. The van der Waals surface area contributed by atoms with Crippen LogP contribution in [0, 0.1) is 0 Å². The van der Waals surface area contributed by atoms with E-state index in [-0.39, 0.29) is 30.0 Å². The first-order chi connectivity index (χ1) is 11.1. The number of amides is 3. The summed E-state index contributed by atoms with van der Waals surface area (Å²) in [5, 5.41) is 2.14. The van der Waals surface area contributed by atoms with E-state index >= 15 is 0 Å². The van der Waals surface area contributed by atoms with Crippen LogP contribution in [0.15, 0.2) is 28.9 Å². The van der Waals surface area contributed by atoms with Gasteiger partial charge >= 0.3 is 5.97 Å². The first-order valence-electron chi connectivity index (χ1n) is 6.68. The number of nitrogens with zero attached hydrogens (tertiary/aromatic N) is 1. The van der Waals surface area contributed by atoms with Gasteiger partial charge in [0.25, 0.3) is 11.1 Å². The van der Waals surface area contributed by atoms with E-state index in [1.807, 2.05) is 0 Å². The lowest BCUT2D eigenvalue weighted by atomic mass is 10.4. The van der Waals surface area contributed by atoms with Gasteiger partial charge in [-0.25, -0.2) is 4.79 Å². The highest BCUT2D eigenvalue weighted by Gasteiger charge is 2.29. The highest BCUT2D eigenvalue weighted by molar-refractivity contribution is 8.14. The van der Waals surface area contributed by atoms with E-state index < -0.39 is 18.5 Å². The molecule has 0 saturated carbocycles. The van der Waals surface area contributed by atoms with Gasteiger partial charge in [-0.2, -0.15) is 0 Å². The molecular weight excluding hydrogens is 324 g/mol. The Morgan fingerprint density at radius 1 is 1.43 bits per heavy atom. The molecule has 0 radical (unpaired) electrons. The number of hydrogen-bond acceptors (Lipinski definition) is 7. The van der Waals surface area contributed by atoms with Crippen molar-refractivity contribution in [3.05, 3.63) is 30.2 Å². The molecule has 2 rings (SSSR count). The third-order valence-corrected chi connectivity index (χ3v) is 3.63. The van der Waals surface area contributed by atoms with E-state index in [4.69, 9.17) is 9.15 Å². The van der Waals surface area contributed by atoms with Gasteiger partial charge in [-0.15, -0.1) is 0 Å². The molecule has 1 fully saturated rings. The molecule has 1 aromatic rings. The summed E-state index contributed by atoms with van der Waals surface area (Å²) in [6.07, 6.45) is 4.03. The van der Waals surface area contributed by atoms with Gasteiger partial charge in [0.15, 0.2) is 6.61 Å². The normalized spacial score (nSPS) is 14.5. The fourth-order valence-corrected chi connectivity index (χ4v) is 2.43. The standard InChI is InChI=1S/C14H14N2O6S/c17-11(15-5-6-16-12(18)9-23-14(16)20)8-22-13(19)4-3-10-2-1-7-21-10/h1-4,7H,5-6,8-9H2,(H,15,17)/b4-3+. The van der Waals surface area contributed by atoms with Crippen molar-refractivity contribution < 1.29 is 28.3 Å². The summed E-state index contributed by atoms with van der Waals surface area (Å²) in [4.78, 5) is 46.6. The molecule has 8 nitrogen and oxygen atoms in total. The van der Waals surface area contributed by atoms with E-state index in [1.165, 1.54) is 12.3 Å². The summed E-state index contributed by atoms with van der Waals surface area (Å²) in [7, 11) is 0. The van der Waals surface area contributed by atoms with Crippen LogP contribution in [-0.2, 0) is 19.1 Å². The Balaban J connectivity index is 1.62. The van der Waals surface area contributed by atoms with Crippen LogP contribution in [0.1, 0.15) is 5.76 Å². The summed E-state index contributed by atoms with van der Waals surface area (Å²) >= 11 is 0.931. The molecule has 9 heteroatoms. The Bertz CT molecular complexity index is 609. The average molecular weight is 338 g/mol. The molecule has 0 aromatic carbocycles. The number of furan rings is 1. The largest absolute Gasteiger partial charge is 0.465 e. The topological polar surface area (TPSA) is 106 Å². The fourth-order valence-electron chi connectivity index (χ4n) is 1.68. The van der Waals surface area contributed by atoms with E-state index in [1.54, 1.807) is 12.1 Å². The van der Waals surface area contributed by atoms with E-state index in [0.29, 0.717) is 5.76 Å². The van der Waals surface area contributed by atoms with Crippen LogP contribution < -0.4 is 5.32 Å². The minimum Gasteiger partial charge on any atom is -0.465 e. The van der Waals surface area contributed by atoms with Crippen LogP contribution in [0.4, 0.5) is 4.79 Å². The lowest BCUT2D eigenvalue weighted by Crippen LogP contribution is -2.38. The summed E-state index contributed by atoms with van der Waals surface area (Å²) in [6, 6.07) is 3.34. The van der Waals surface area contributed by atoms with Gasteiger partial charge in [0.1, 0.15) is 5.76 Å². The molecule has 23 heavy (non-hydrogen) atoms. The van der Waals surface area contributed by atoms with Crippen LogP contribution in [0.25, 0.3) is 6.08 Å². The number of hydrogen-bond donors (Lipinski definition) is 1. The quantitative estimate of drug-likeness (QED) is 0.574. The predicted octanol–water partition coefficient (Wildman–Crippen LogP) is 0.648. The van der Waals surface area contributed by atoms with Gasteiger partial charge in [0.05, 0.1) is 12.0 Å². The third kappa shape index (κ3) is 5.29. The van der Waals surface area contributed by atoms with Gasteiger partial charge in [-0.05, 0) is 18.2 Å². The molecule has 1 saturated heterocycles. The molecule has 2 heterocycles. The fraction of sp³-hybridized carbons (Fsp3) is 0.286. The SMILES string of the molecule is O=C(COC(=O)/C=C/c1ccco1)NCCN1C(=O)CSC1=O. The smallest absolute Gasteiger partial charge is 0.331 e. The molecule has 0 unspecified atom stereocenters. The van der Waals surface area contributed by atoms with Crippen LogP contribution in [0.3, 0.4) is 0 Å². The number of ether oxygens (including phenoxy) is 1.